The molecule has 1 amide bonds. The Hall–Kier alpha value is -3.37. The molecule has 9 nitrogen and oxygen atoms in total. The fraction of sp³-hybridized carbons (Fsp3) is 0.400. The Bertz CT molecular complexity index is 1440. The molecular weight excluding hydrogens is 530 g/mol. The fourth-order valence-electron chi connectivity index (χ4n) is 6.27. The molecule has 0 aliphatic carbocycles. The number of amides is 1. The van der Waals surface area contributed by atoms with Gasteiger partial charge in [-0.05, 0) is 60.6 Å². The smallest absolute Gasteiger partial charge is 0.252 e. The van der Waals surface area contributed by atoms with Crippen LogP contribution in [0.2, 0.25) is 5.02 Å². The first kappa shape index (κ1) is 26.8. The highest BCUT2D eigenvalue weighted by Crippen LogP contribution is 2.39. The molecule has 4 heterocycles. The van der Waals surface area contributed by atoms with Gasteiger partial charge in [0.25, 0.3) is 5.91 Å². The summed E-state index contributed by atoms with van der Waals surface area (Å²) in [6, 6.07) is 10.5. The molecule has 6 rings (SSSR count). The molecule has 1 aromatic heterocycles. The second-order valence-corrected chi connectivity index (χ2v) is 11.0. The third kappa shape index (κ3) is 4.88. The van der Waals surface area contributed by atoms with E-state index in [0.717, 1.165) is 46.9 Å². The molecule has 3 aliphatic rings. The minimum absolute atomic E-state index is 0.0141. The van der Waals surface area contributed by atoms with Gasteiger partial charge in [0.05, 0.1) is 35.6 Å². The van der Waals surface area contributed by atoms with Crippen molar-refractivity contribution in [3.05, 3.63) is 75.4 Å². The average Bonchev–Trinajstić information content (AvgIpc) is 3.31. The van der Waals surface area contributed by atoms with Crippen molar-refractivity contribution in [2.75, 3.05) is 25.1 Å². The zero-order valence-corrected chi connectivity index (χ0v) is 23.0. The van der Waals surface area contributed by atoms with Gasteiger partial charge in [-0.1, -0.05) is 35.9 Å². The lowest BCUT2D eigenvalue weighted by molar-refractivity contribution is -0.114. The highest BCUT2D eigenvalue weighted by Gasteiger charge is 2.40. The fourth-order valence-corrected chi connectivity index (χ4v) is 6.47. The Labute approximate surface area is 237 Å². The van der Waals surface area contributed by atoms with Crippen LogP contribution in [-0.4, -0.2) is 64.0 Å². The minimum atomic E-state index is -0.576. The van der Waals surface area contributed by atoms with E-state index in [1.165, 1.54) is 0 Å². The van der Waals surface area contributed by atoms with Gasteiger partial charge in [-0.15, -0.1) is 0 Å². The molecule has 40 heavy (non-hydrogen) atoms. The number of aliphatic hydroxyl groups excluding tert-OH is 1. The number of aldehydes is 1. The van der Waals surface area contributed by atoms with Gasteiger partial charge in [0, 0.05) is 43.0 Å². The van der Waals surface area contributed by atoms with E-state index in [9.17, 15) is 14.7 Å². The van der Waals surface area contributed by atoms with E-state index < -0.39 is 12.1 Å². The third-order valence-corrected chi connectivity index (χ3v) is 8.68. The van der Waals surface area contributed by atoms with E-state index in [0.29, 0.717) is 48.4 Å². The molecule has 2 aromatic carbocycles. The third-order valence-electron chi connectivity index (χ3n) is 8.40. The van der Waals surface area contributed by atoms with Gasteiger partial charge in [-0.2, -0.15) is 0 Å². The predicted molar refractivity (Wildman–Crippen MR) is 151 cm³/mol. The first-order valence-corrected chi connectivity index (χ1v) is 14.1. The summed E-state index contributed by atoms with van der Waals surface area (Å²) in [6.07, 6.45) is 4.99. The first-order chi connectivity index (χ1) is 19.5. The summed E-state index contributed by atoms with van der Waals surface area (Å²) in [4.78, 5) is 36.8. The molecule has 0 saturated carbocycles. The van der Waals surface area contributed by atoms with Crippen LogP contribution < -0.4 is 10.6 Å². The van der Waals surface area contributed by atoms with Crippen LogP contribution in [0.4, 0.5) is 5.95 Å². The van der Waals surface area contributed by atoms with E-state index in [1.807, 2.05) is 24.3 Å². The molecule has 208 valence electrons. The lowest BCUT2D eigenvalue weighted by Gasteiger charge is -2.41. The number of carbonyl (C=O) groups is 2. The monoisotopic (exact) mass is 561 g/mol. The van der Waals surface area contributed by atoms with E-state index in [1.54, 1.807) is 12.3 Å². The Morgan fingerprint density at radius 2 is 2.08 bits per heavy atom. The van der Waals surface area contributed by atoms with Crippen molar-refractivity contribution in [1.82, 2.24) is 20.2 Å². The number of hydrogen-bond acceptors (Lipinski definition) is 8. The Morgan fingerprint density at radius 1 is 1.25 bits per heavy atom. The van der Waals surface area contributed by atoms with Gasteiger partial charge in [0.1, 0.15) is 6.29 Å². The maximum Gasteiger partial charge on any atom is 0.252 e. The highest BCUT2D eigenvalue weighted by molar-refractivity contribution is 6.32. The summed E-state index contributed by atoms with van der Waals surface area (Å²) >= 11 is 6.56. The normalized spacial score (nSPS) is 21.8. The molecule has 3 atom stereocenters. The summed E-state index contributed by atoms with van der Waals surface area (Å²) in [7, 11) is 0. The van der Waals surface area contributed by atoms with Crippen molar-refractivity contribution < 1.29 is 19.4 Å². The van der Waals surface area contributed by atoms with Crippen molar-refractivity contribution in [3.63, 3.8) is 0 Å². The van der Waals surface area contributed by atoms with E-state index in [2.05, 4.69) is 33.5 Å². The molecule has 3 unspecified atom stereocenters. The molecule has 0 spiro atoms. The molecule has 3 aromatic rings. The molecule has 0 bridgehead atoms. The van der Waals surface area contributed by atoms with Crippen LogP contribution in [0.5, 0.6) is 0 Å². The molecule has 3 N–H and O–H groups in total. The highest BCUT2D eigenvalue weighted by atomic mass is 35.5. The average molecular weight is 562 g/mol. The van der Waals surface area contributed by atoms with Gasteiger partial charge in [0.15, 0.2) is 0 Å². The van der Waals surface area contributed by atoms with E-state index >= 15 is 0 Å². The summed E-state index contributed by atoms with van der Waals surface area (Å²) in [5, 5.41) is 16.6. The zero-order chi connectivity index (χ0) is 27.8. The van der Waals surface area contributed by atoms with Crippen LogP contribution in [-0.2, 0) is 22.6 Å². The van der Waals surface area contributed by atoms with E-state index in [-0.39, 0.29) is 24.6 Å². The number of rotatable bonds is 7. The van der Waals surface area contributed by atoms with Crippen LogP contribution in [0.25, 0.3) is 11.3 Å². The van der Waals surface area contributed by atoms with Crippen molar-refractivity contribution >= 4 is 29.7 Å². The molecule has 0 radical (unpaired) electrons. The van der Waals surface area contributed by atoms with Crippen LogP contribution in [0.15, 0.2) is 42.6 Å². The van der Waals surface area contributed by atoms with Crippen LogP contribution >= 0.6 is 11.6 Å². The summed E-state index contributed by atoms with van der Waals surface area (Å²) < 4.78 is 5.44. The predicted octanol–water partition coefficient (Wildman–Crippen LogP) is 3.85. The maximum absolute atomic E-state index is 13.0. The number of carbonyl (C=O) groups excluding carboxylic acids is 2. The number of halogens is 1. The van der Waals surface area contributed by atoms with Gasteiger partial charge >= 0.3 is 0 Å². The van der Waals surface area contributed by atoms with Crippen LogP contribution in [0.3, 0.4) is 0 Å². The standard InChI is InChI=1S/C30H32ClN5O4/c1-17-21-4-2-3-19(15-37)22(21)7-10-36(17)26(16-38)28-24-13-18(5-6-23(24)29(39)34-28)27-25(31)14-32-30(35-27)33-20-8-11-40-12-9-20/h2-6,13-14,16-17,20,26,28,37H,7-12,15H2,1H3,(H,34,39)(H,32,33,35). The van der Waals surface area contributed by atoms with Crippen molar-refractivity contribution in [1.29, 1.82) is 0 Å². The number of fused-ring (bicyclic) bond motifs is 2. The van der Waals surface area contributed by atoms with Crippen molar-refractivity contribution in [2.45, 2.75) is 57.0 Å². The van der Waals surface area contributed by atoms with Crippen LogP contribution in [0.1, 0.15) is 64.5 Å². The number of nitrogens with one attached hydrogen (secondary N) is 2. The maximum atomic E-state index is 13.0. The largest absolute Gasteiger partial charge is 0.392 e. The number of aromatic nitrogens is 2. The number of ether oxygens (including phenoxy) is 1. The van der Waals surface area contributed by atoms with Crippen LogP contribution in [0, 0.1) is 0 Å². The molecule has 1 fully saturated rings. The van der Waals surface area contributed by atoms with Gasteiger partial charge < -0.3 is 25.3 Å². The Morgan fingerprint density at radius 3 is 2.85 bits per heavy atom. The Balaban J connectivity index is 1.31. The number of nitrogens with zero attached hydrogens (tertiary/aromatic N) is 3. The molecule has 10 heteroatoms. The molecule has 3 aliphatic heterocycles. The minimum Gasteiger partial charge on any atom is -0.392 e. The van der Waals surface area contributed by atoms with E-state index in [4.69, 9.17) is 21.3 Å². The summed E-state index contributed by atoms with van der Waals surface area (Å²) in [5.41, 5.74) is 5.75. The quantitative estimate of drug-likeness (QED) is 0.372. The lowest BCUT2D eigenvalue weighted by Crippen LogP contribution is -2.48. The number of hydrogen-bond donors (Lipinski definition) is 3. The number of benzene rings is 2. The molecular formula is C30H32ClN5O4. The Kier molecular flexibility index (Phi) is 7.55. The van der Waals surface area contributed by atoms with Gasteiger partial charge in [-0.25, -0.2) is 9.97 Å². The van der Waals surface area contributed by atoms with Gasteiger partial charge in [-0.3, -0.25) is 9.69 Å². The second kappa shape index (κ2) is 11.2. The molecule has 1 saturated heterocycles. The topological polar surface area (TPSA) is 117 Å². The van der Waals surface area contributed by atoms with Crippen molar-refractivity contribution in [2.24, 2.45) is 0 Å². The number of aliphatic hydroxyl groups is 1. The van der Waals surface area contributed by atoms with Gasteiger partial charge in [0.2, 0.25) is 5.95 Å². The zero-order valence-electron chi connectivity index (χ0n) is 22.3. The summed E-state index contributed by atoms with van der Waals surface area (Å²) in [6.45, 7) is 4.09. The lowest BCUT2D eigenvalue weighted by atomic mass is 9.87. The SMILES string of the molecule is CC1c2cccc(CO)c2CCN1C(C=O)C1NC(=O)c2ccc(-c3nc(NC4CCOCC4)ncc3Cl)cc21. The second-order valence-electron chi connectivity index (χ2n) is 10.6. The number of anilines is 1. The van der Waals surface area contributed by atoms with Crippen molar-refractivity contribution in [3.8, 4) is 11.3 Å². The first-order valence-electron chi connectivity index (χ1n) is 13.7. The summed E-state index contributed by atoms with van der Waals surface area (Å²) in [5.74, 6) is 0.285.